The maximum Gasteiger partial charge on any atom is 0.257 e. The van der Waals surface area contributed by atoms with Crippen LogP contribution in [0, 0.1) is 11.7 Å². The number of nitrogens with zero attached hydrogens (tertiary/aromatic N) is 1. The topological polar surface area (TPSA) is 61.8 Å². The normalized spacial score (nSPS) is 22.3. The van der Waals surface area contributed by atoms with Crippen LogP contribution in [0.25, 0.3) is 0 Å². The molecule has 2 aliphatic heterocycles. The molecule has 1 unspecified atom stereocenters. The van der Waals surface area contributed by atoms with E-state index >= 15 is 0 Å². The van der Waals surface area contributed by atoms with Gasteiger partial charge in [0.05, 0.1) is 5.69 Å². The van der Waals surface area contributed by atoms with Gasteiger partial charge in [-0.05, 0) is 30.9 Å². The maximum atomic E-state index is 14.3. The summed E-state index contributed by atoms with van der Waals surface area (Å²) in [4.78, 5) is 13.4. The molecule has 3 rings (SSSR count). The monoisotopic (exact) mass is 294 g/mol. The van der Waals surface area contributed by atoms with E-state index in [-0.39, 0.29) is 0 Å². The fourth-order valence-electron chi connectivity index (χ4n) is 3.07. The molecule has 1 aromatic rings. The third-order valence-corrected chi connectivity index (χ3v) is 4.28. The number of hydrogen-bond donors (Lipinski definition) is 2. The van der Waals surface area contributed by atoms with Crippen LogP contribution in [0.15, 0.2) is 12.1 Å². The van der Waals surface area contributed by atoms with Crippen molar-refractivity contribution >= 4 is 17.3 Å². The van der Waals surface area contributed by atoms with E-state index in [2.05, 4.69) is 5.32 Å². The molecule has 1 aromatic carbocycles. The first-order valence-electron chi connectivity index (χ1n) is 7.16. The molecule has 5 nitrogen and oxygen atoms in total. The maximum absolute atomic E-state index is 14.3. The number of amides is 1. The van der Waals surface area contributed by atoms with E-state index in [1.807, 2.05) is 4.90 Å². The summed E-state index contributed by atoms with van der Waals surface area (Å²) in [6, 6.07) is 2.88. The second-order valence-corrected chi connectivity index (χ2v) is 5.67. The highest BCUT2D eigenvalue weighted by Crippen LogP contribution is 2.37. The predicted octanol–water partition coefficient (Wildman–Crippen LogP) is 1.67. The first-order valence-corrected chi connectivity index (χ1v) is 7.16. The average molecular weight is 294 g/mol. The predicted molar refractivity (Wildman–Crippen MR) is 76.8 cm³/mol. The highest BCUT2D eigenvalue weighted by atomic mass is 19.1. The molecule has 21 heavy (non-hydrogen) atoms. The van der Waals surface area contributed by atoms with Gasteiger partial charge in [-0.1, -0.05) is 0 Å². The molecule has 1 amide bonds. The van der Waals surface area contributed by atoms with E-state index in [0.717, 1.165) is 32.5 Å². The molecule has 2 aliphatic rings. The molecule has 0 aliphatic carbocycles. The van der Waals surface area contributed by atoms with E-state index in [0.29, 0.717) is 22.9 Å². The van der Waals surface area contributed by atoms with Crippen LogP contribution in [0.5, 0.6) is 0 Å². The zero-order valence-electron chi connectivity index (χ0n) is 11.9. The van der Waals surface area contributed by atoms with Crippen LogP contribution in [0.2, 0.25) is 0 Å². The highest BCUT2D eigenvalue weighted by Gasteiger charge is 2.31. The summed E-state index contributed by atoms with van der Waals surface area (Å²) in [7, 11) is 1.69. The average Bonchev–Trinajstić information content (AvgIpc) is 2.75. The SMILES string of the molecule is COCC1CCN(c2cc3c(cc2F)C(O)C(=O)N3)CC1. The van der Waals surface area contributed by atoms with Crippen LogP contribution in [0.1, 0.15) is 24.5 Å². The number of rotatable bonds is 3. The molecule has 2 N–H and O–H groups in total. The Morgan fingerprint density at radius 3 is 2.81 bits per heavy atom. The summed E-state index contributed by atoms with van der Waals surface area (Å²) in [5, 5.41) is 12.2. The lowest BCUT2D eigenvalue weighted by Gasteiger charge is -2.33. The van der Waals surface area contributed by atoms with Gasteiger partial charge in [-0.2, -0.15) is 0 Å². The number of nitrogens with one attached hydrogen (secondary N) is 1. The second kappa shape index (κ2) is 5.61. The zero-order valence-corrected chi connectivity index (χ0v) is 11.9. The molecular formula is C15H19FN2O3. The van der Waals surface area contributed by atoms with Gasteiger partial charge in [-0.3, -0.25) is 4.79 Å². The summed E-state index contributed by atoms with van der Waals surface area (Å²) in [6.07, 6.45) is 0.648. The minimum Gasteiger partial charge on any atom is -0.384 e. The van der Waals surface area contributed by atoms with Crippen LogP contribution in [-0.4, -0.2) is 37.8 Å². The van der Waals surface area contributed by atoms with Gasteiger partial charge < -0.3 is 20.1 Å². The van der Waals surface area contributed by atoms with Crippen molar-refractivity contribution in [1.82, 2.24) is 0 Å². The standard InChI is InChI=1S/C15H19FN2O3/c1-21-8-9-2-4-18(5-3-9)13-7-12-10(6-11(13)16)14(19)15(20)17-12/h6-7,9,14,19H,2-5,8H2,1H3,(H,17,20). The lowest BCUT2D eigenvalue weighted by molar-refractivity contribution is -0.123. The van der Waals surface area contributed by atoms with E-state index < -0.39 is 17.8 Å². The van der Waals surface area contributed by atoms with Crippen molar-refractivity contribution in [2.75, 3.05) is 37.0 Å². The second-order valence-electron chi connectivity index (χ2n) is 5.67. The van der Waals surface area contributed by atoms with Crippen molar-refractivity contribution in [3.05, 3.63) is 23.5 Å². The largest absolute Gasteiger partial charge is 0.384 e. The smallest absolute Gasteiger partial charge is 0.257 e. The first-order chi connectivity index (χ1) is 10.1. The fraction of sp³-hybridized carbons (Fsp3) is 0.533. The number of anilines is 2. The summed E-state index contributed by atoms with van der Waals surface area (Å²) >= 11 is 0. The highest BCUT2D eigenvalue weighted by molar-refractivity contribution is 6.02. The van der Waals surface area contributed by atoms with Crippen LogP contribution in [-0.2, 0) is 9.53 Å². The van der Waals surface area contributed by atoms with Crippen LogP contribution in [0.3, 0.4) is 0 Å². The summed E-state index contributed by atoms with van der Waals surface area (Å²) in [6.45, 7) is 2.27. The number of benzene rings is 1. The van der Waals surface area contributed by atoms with Gasteiger partial charge in [0.15, 0.2) is 6.10 Å². The van der Waals surface area contributed by atoms with Gasteiger partial charge in [-0.25, -0.2) is 4.39 Å². The fourth-order valence-corrected chi connectivity index (χ4v) is 3.07. The number of carbonyl (C=O) groups is 1. The van der Waals surface area contributed by atoms with Gasteiger partial charge in [-0.15, -0.1) is 0 Å². The molecule has 0 radical (unpaired) electrons. The Balaban J connectivity index is 1.78. The number of fused-ring (bicyclic) bond motifs is 1. The third-order valence-electron chi connectivity index (χ3n) is 4.28. The molecule has 1 atom stereocenters. The Hall–Kier alpha value is -1.66. The minimum absolute atomic E-state index is 0.315. The minimum atomic E-state index is -1.27. The Morgan fingerprint density at radius 2 is 2.14 bits per heavy atom. The molecule has 2 heterocycles. The number of hydrogen-bond acceptors (Lipinski definition) is 4. The number of aliphatic hydroxyl groups excluding tert-OH is 1. The molecular weight excluding hydrogens is 275 g/mol. The lowest BCUT2D eigenvalue weighted by atomic mass is 9.97. The van der Waals surface area contributed by atoms with Crippen LogP contribution >= 0.6 is 0 Å². The molecule has 1 saturated heterocycles. The van der Waals surface area contributed by atoms with Crippen molar-refractivity contribution in [3.63, 3.8) is 0 Å². The van der Waals surface area contributed by atoms with Crippen molar-refractivity contribution < 1.29 is 19.0 Å². The zero-order chi connectivity index (χ0) is 15.0. The summed E-state index contributed by atoms with van der Waals surface area (Å²) < 4.78 is 19.4. The number of halogens is 1. The van der Waals surface area contributed by atoms with Crippen molar-refractivity contribution in [2.24, 2.45) is 5.92 Å². The third kappa shape index (κ3) is 2.61. The van der Waals surface area contributed by atoms with Gasteiger partial charge in [0, 0.05) is 38.1 Å². The number of ether oxygens (including phenoxy) is 1. The van der Waals surface area contributed by atoms with E-state index in [1.165, 1.54) is 6.07 Å². The van der Waals surface area contributed by atoms with Gasteiger partial charge in [0.2, 0.25) is 0 Å². The van der Waals surface area contributed by atoms with E-state index in [1.54, 1.807) is 13.2 Å². The number of aliphatic hydroxyl groups is 1. The Morgan fingerprint density at radius 1 is 1.43 bits per heavy atom. The molecule has 0 bridgehead atoms. The van der Waals surface area contributed by atoms with Gasteiger partial charge >= 0.3 is 0 Å². The number of methoxy groups -OCH3 is 1. The summed E-state index contributed by atoms with van der Waals surface area (Å²) in [5.74, 6) is -0.375. The first kappa shape index (κ1) is 14.3. The lowest BCUT2D eigenvalue weighted by Crippen LogP contribution is -2.35. The van der Waals surface area contributed by atoms with E-state index in [9.17, 15) is 14.3 Å². The number of piperidine rings is 1. The number of carbonyl (C=O) groups excluding carboxylic acids is 1. The van der Waals surface area contributed by atoms with E-state index in [4.69, 9.17) is 4.74 Å². The Bertz CT molecular complexity index is 556. The summed E-state index contributed by atoms with van der Waals surface area (Å²) in [5.41, 5.74) is 1.30. The molecule has 6 heteroatoms. The van der Waals surface area contributed by atoms with Gasteiger partial charge in [0.25, 0.3) is 5.91 Å². The molecule has 0 spiro atoms. The van der Waals surface area contributed by atoms with Crippen LogP contribution in [0.4, 0.5) is 15.8 Å². The molecule has 1 fully saturated rings. The molecule has 0 aromatic heterocycles. The van der Waals surface area contributed by atoms with Gasteiger partial charge in [0.1, 0.15) is 5.82 Å². The van der Waals surface area contributed by atoms with Crippen LogP contribution < -0.4 is 10.2 Å². The quantitative estimate of drug-likeness (QED) is 0.890. The van der Waals surface area contributed by atoms with Crippen molar-refractivity contribution in [2.45, 2.75) is 18.9 Å². The van der Waals surface area contributed by atoms with Crippen molar-refractivity contribution in [3.8, 4) is 0 Å². The molecule has 0 saturated carbocycles. The Labute approximate surface area is 122 Å². The molecule has 114 valence electrons. The van der Waals surface area contributed by atoms with Crippen molar-refractivity contribution in [1.29, 1.82) is 0 Å². The Kier molecular flexibility index (Phi) is 3.82.